The molecule has 1 atom stereocenters. The van der Waals surface area contributed by atoms with Gasteiger partial charge in [0.25, 0.3) is 5.69 Å². The Morgan fingerprint density at radius 1 is 0.953 bits per heavy atom. The zero-order valence-electron chi connectivity index (χ0n) is 24.1. The number of nitrogens with one attached hydrogen (secondary N) is 1. The van der Waals surface area contributed by atoms with Gasteiger partial charge < -0.3 is 25.0 Å². The van der Waals surface area contributed by atoms with Crippen LogP contribution < -0.4 is 5.32 Å². The average Bonchev–Trinajstić information content (AvgIpc) is 2.96. The van der Waals surface area contributed by atoms with Crippen LogP contribution in [-0.4, -0.2) is 71.2 Å². The molecule has 13 nitrogen and oxygen atoms in total. The van der Waals surface area contributed by atoms with Crippen molar-refractivity contribution < 1.29 is 43.8 Å². The largest absolute Gasteiger partial charge is 0.478 e. The molecule has 3 N–H and O–H groups in total. The smallest absolute Gasteiger partial charge is 0.336 e. The van der Waals surface area contributed by atoms with Gasteiger partial charge in [-0.3, -0.25) is 15.0 Å². The molecular formula is C30H33N3O10. The van der Waals surface area contributed by atoms with E-state index in [1.54, 1.807) is 19.9 Å². The van der Waals surface area contributed by atoms with Gasteiger partial charge >= 0.3 is 23.9 Å². The number of aliphatic carboxylic acids is 2. The molecule has 0 bridgehead atoms. The summed E-state index contributed by atoms with van der Waals surface area (Å²) >= 11 is 0. The topological polar surface area (TPSA) is 186 Å². The summed E-state index contributed by atoms with van der Waals surface area (Å²) in [6, 6.07) is 15.8. The third-order valence-corrected chi connectivity index (χ3v) is 6.17. The van der Waals surface area contributed by atoms with Crippen molar-refractivity contribution in [3.63, 3.8) is 0 Å². The second kappa shape index (κ2) is 16.2. The van der Waals surface area contributed by atoms with Gasteiger partial charge in [-0.15, -0.1) is 0 Å². The van der Waals surface area contributed by atoms with Crippen LogP contribution in [-0.2, 0) is 35.2 Å². The van der Waals surface area contributed by atoms with Crippen molar-refractivity contribution >= 4 is 29.6 Å². The summed E-state index contributed by atoms with van der Waals surface area (Å²) in [5, 5.41) is 30.1. The average molecular weight is 596 g/mol. The number of likely N-dealkylation sites (N-methyl/N-ethyl adjacent to an activating group) is 1. The number of rotatable bonds is 11. The lowest BCUT2D eigenvalue weighted by molar-refractivity contribution is -0.384. The van der Waals surface area contributed by atoms with Crippen LogP contribution in [0, 0.1) is 10.1 Å². The molecule has 0 aromatic heterocycles. The Morgan fingerprint density at radius 2 is 1.53 bits per heavy atom. The standard InChI is InChI=1S/C26H29N3O6.C4H4O4/c1-17-22(25(30)34-4)24(20-11-8-12-21(15-20)29(32)33)23(18(2)27-17)26(31)35-14-13-28(3)16-19-9-6-5-7-10-19;5-3(6)1-2-4(7)8/h5-12,15,24,27H,13-14,16H2,1-4H3;1-2H,(H,5,6)(H,7,8)/b;2-1-. The fourth-order valence-electron chi connectivity index (χ4n) is 4.29. The van der Waals surface area contributed by atoms with Gasteiger partial charge in [-0.25, -0.2) is 19.2 Å². The quantitative estimate of drug-likeness (QED) is 0.149. The third-order valence-electron chi connectivity index (χ3n) is 6.17. The number of benzene rings is 2. The number of carboxylic acid groups (broad SMARTS) is 2. The van der Waals surface area contributed by atoms with Gasteiger partial charge in [-0.1, -0.05) is 42.5 Å². The van der Waals surface area contributed by atoms with Gasteiger partial charge in [0.2, 0.25) is 0 Å². The van der Waals surface area contributed by atoms with E-state index in [4.69, 9.17) is 19.7 Å². The Kier molecular flexibility index (Phi) is 12.8. The van der Waals surface area contributed by atoms with E-state index in [9.17, 15) is 29.3 Å². The van der Waals surface area contributed by atoms with Crippen molar-refractivity contribution in [1.29, 1.82) is 0 Å². The number of methoxy groups -OCH3 is 1. The highest BCUT2D eigenvalue weighted by Crippen LogP contribution is 2.40. The number of hydrogen-bond donors (Lipinski definition) is 3. The Bertz CT molecular complexity index is 1430. The molecule has 43 heavy (non-hydrogen) atoms. The van der Waals surface area contributed by atoms with Gasteiger partial charge in [-0.05, 0) is 32.0 Å². The Balaban J connectivity index is 0.000000708. The molecule has 0 aliphatic carbocycles. The third kappa shape index (κ3) is 10.2. The number of hydrogen-bond acceptors (Lipinski definition) is 10. The van der Waals surface area contributed by atoms with E-state index in [1.165, 1.54) is 25.3 Å². The minimum atomic E-state index is -1.26. The predicted molar refractivity (Wildman–Crippen MR) is 155 cm³/mol. The lowest BCUT2D eigenvalue weighted by atomic mass is 9.80. The molecule has 0 spiro atoms. The maximum atomic E-state index is 13.3. The second-order valence-electron chi connectivity index (χ2n) is 9.35. The van der Waals surface area contributed by atoms with Crippen molar-refractivity contribution in [2.75, 3.05) is 27.3 Å². The molecule has 1 aliphatic rings. The second-order valence-corrected chi connectivity index (χ2v) is 9.35. The zero-order valence-corrected chi connectivity index (χ0v) is 24.1. The molecule has 13 heteroatoms. The summed E-state index contributed by atoms with van der Waals surface area (Å²) in [7, 11) is 3.18. The molecule has 1 unspecified atom stereocenters. The Morgan fingerprint density at radius 3 is 2.07 bits per heavy atom. The van der Waals surface area contributed by atoms with Gasteiger partial charge in [0.1, 0.15) is 6.61 Å². The Hall–Kier alpha value is -5.30. The van der Waals surface area contributed by atoms with Gasteiger partial charge in [0, 0.05) is 48.8 Å². The molecule has 0 radical (unpaired) electrons. The summed E-state index contributed by atoms with van der Waals surface area (Å²) in [5.74, 6) is -4.63. The Labute approximate surface area is 247 Å². The highest BCUT2D eigenvalue weighted by atomic mass is 16.6. The molecule has 2 aromatic rings. The number of nitrogens with zero attached hydrogens (tertiary/aromatic N) is 2. The highest BCUT2D eigenvalue weighted by Gasteiger charge is 2.38. The SMILES string of the molecule is COC(=O)C1=C(C)NC(C)=C(C(=O)OCCN(C)Cc2ccccc2)C1c1cccc([N+](=O)[O-])c1.O=C(O)/C=C\C(=O)O. The first kappa shape index (κ1) is 33.9. The molecule has 0 amide bonds. The molecule has 0 saturated carbocycles. The van der Waals surface area contributed by atoms with Crippen LogP contribution in [0.2, 0.25) is 0 Å². The number of non-ortho nitro benzene ring substituents is 1. The van der Waals surface area contributed by atoms with E-state index >= 15 is 0 Å². The van der Waals surface area contributed by atoms with E-state index < -0.39 is 34.7 Å². The summed E-state index contributed by atoms with van der Waals surface area (Å²) in [5.41, 5.74) is 2.85. The summed E-state index contributed by atoms with van der Waals surface area (Å²) in [6.07, 6.45) is 1.12. The number of carboxylic acids is 2. The van der Waals surface area contributed by atoms with E-state index in [1.807, 2.05) is 42.3 Å². The molecule has 228 valence electrons. The molecule has 1 aliphatic heterocycles. The van der Waals surface area contributed by atoms with Crippen LogP contribution >= 0.6 is 0 Å². The number of esters is 2. The van der Waals surface area contributed by atoms with Crippen LogP contribution in [0.3, 0.4) is 0 Å². The van der Waals surface area contributed by atoms with Crippen LogP contribution in [0.15, 0.2) is 89.3 Å². The number of carbonyl (C=O) groups excluding carboxylic acids is 2. The van der Waals surface area contributed by atoms with Crippen molar-refractivity contribution in [3.05, 3.63) is 111 Å². The molecule has 0 fully saturated rings. The van der Waals surface area contributed by atoms with Gasteiger partial charge in [0.05, 0.1) is 29.1 Å². The van der Waals surface area contributed by atoms with Crippen molar-refractivity contribution in [1.82, 2.24) is 10.2 Å². The van der Waals surface area contributed by atoms with Crippen LogP contribution in [0.1, 0.15) is 30.9 Å². The van der Waals surface area contributed by atoms with Crippen molar-refractivity contribution in [2.24, 2.45) is 0 Å². The maximum Gasteiger partial charge on any atom is 0.336 e. The first-order valence-corrected chi connectivity index (χ1v) is 12.9. The normalized spacial score (nSPS) is 14.5. The van der Waals surface area contributed by atoms with E-state index in [0.717, 1.165) is 5.56 Å². The first-order chi connectivity index (χ1) is 20.3. The molecule has 2 aromatic carbocycles. The fourth-order valence-corrected chi connectivity index (χ4v) is 4.29. The summed E-state index contributed by atoms with van der Waals surface area (Å²) in [4.78, 5) is 58.0. The number of ether oxygens (including phenoxy) is 2. The monoisotopic (exact) mass is 595 g/mol. The number of dihydropyridines is 1. The first-order valence-electron chi connectivity index (χ1n) is 12.9. The summed E-state index contributed by atoms with van der Waals surface area (Å²) in [6.45, 7) is 4.74. The zero-order chi connectivity index (χ0) is 32.1. The number of carbonyl (C=O) groups is 4. The molecule has 3 rings (SSSR count). The number of nitro benzene ring substituents is 1. The van der Waals surface area contributed by atoms with Gasteiger partial charge in [-0.2, -0.15) is 0 Å². The van der Waals surface area contributed by atoms with Crippen LogP contribution in [0.4, 0.5) is 5.69 Å². The number of allylic oxidation sites excluding steroid dienone is 2. The fraction of sp³-hybridized carbons (Fsp3) is 0.267. The predicted octanol–water partition coefficient (Wildman–Crippen LogP) is 3.39. The molecule has 1 heterocycles. The molecule has 0 saturated heterocycles. The van der Waals surface area contributed by atoms with E-state index in [2.05, 4.69) is 5.32 Å². The number of nitro groups is 1. The van der Waals surface area contributed by atoms with Crippen LogP contribution in [0.25, 0.3) is 0 Å². The van der Waals surface area contributed by atoms with Crippen LogP contribution in [0.5, 0.6) is 0 Å². The maximum absolute atomic E-state index is 13.3. The minimum Gasteiger partial charge on any atom is -0.478 e. The lowest BCUT2D eigenvalue weighted by Crippen LogP contribution is -2.33. The highest BCUT2D eigenvalue weighted by molar-refractivity contribution is 6.00. The minimum absolute atomic E-state index is 0.136. The molecular weight excluding hydrogens is 562 g/mol. The van der Waals surface area contributed by atoms with Crippen molar-refractivity contribution in [3.8, 4) is 0 Å². The van der Waals surface area contributed by atoms with Gasteiger partial charge in [0.15, 0.2) is 0 Å². The van der Waals surface area contributed by atoms with Crippen molar-refractivity contribution in [2.45, 2.75) is 26.3 Å². The summed E-state index contributed by atoms with van der Waals surface area (Å²) < 4.78 is 10.6. The van der Waals surface area contributed by atoms with E-state index in [0.29, 0.717) is 42.2 Å². The van der Waals surface area contributed by atoms with E-state index in [-0.39, 0.29) is 23.4 Å². The lowest BCUT2D eigenvalue weighted by Gasteiger charge is -2.30.